The van der Waals surface area contributed by atoms with Gasteiger partial charge >= 0.3 is 0 Å². The Morgan fingerprint density at radius 2 is 2.60 bits per heavy atom. The molecule has 0 saturated heterocycles. The molecule has 1 N–H and O–H groups in total. The smallest absolute Gasteiger partial charge is 0.124 e. The molecule has 1 aliphatic rings. The predicted octanol–water partition coefficient (Wildman–Crippen LogP) is 1.45. The Morgan fingerprint density at radius 1 is 1.80 bits per heavy atom. The lowest BCUT2D eigenvalue weighted by Crippen LogP contribution is -2.27. The summed E-state index contributed by atoms with van der Waals surface area (Å²) in [5.41, 5.74) is 0. The Hall–Kier alpha value is -0.500. The summed E-state index contributed by atoms with van der Waals surface area (Å²) in [6.45, 7) is 1.96. The normalized spacial score (nSPS) is 27.6. The van der Waals surface area contributed by atoms with Crippen LogP contribution in [0, 0.1) is 0 Å². The molecular formula is C8H14O2. The summed E-state index contributed by atoms with van der Waals surface area (Å²) in [5.74, 6) is 0. The van der Waals surface area contributed by atoms with Crippen molar-refractivity contribution in [1.82, 2.24) is 0 Å². The molecule has 0 aromatic heterocycles. The zero-order valence-corrected chi connectivity index (χ0v) is 6.29. The maximum Gasteiger partial charge on any atom is 0.124 e. The minimum Gasteiger partial charge on any atom is -0.496 e. The zero-order valence-electron chi connectivity index (χ0n) is 6.29. The van der Waals surface area contributed by atoms with Crippen molar-refractivity contribution in [1.29, 1.82) is 0 Å². The van der Waals surface area contributed by atoms with Crippen molar-refractivity contribution in [3.05, 3.63) is 12.3 Å². The molecule has 58 valence electrons. The predicted molar refractivity (Wildman–Crippen MR) is 39.5 cm³/mol. The first-order valence-corrected chi connectivity index (χ1v) is 3.83. The van der Waals surface area contributed by atoms with Crippen LogP contribution in [-0.4, -0.2) is 17.3 Å². The van der Waals surface area contributed by atoms with E-state index in [-0.39, 0.29) is 12.2 Å². The van der Waals surface area contributed by atoms with E-state index in [1.54, 1.807) is 6.26 Å². The molecule has 0 aromatic carbocycles. The second-order valence-electron chi connectivity index (χ2n) is 2.60. The molecule has 1 heterocycles. The van der Waals surface area contributed by atoms with E-state index in [0.29, 0.717) is 0 Å². The van der Waals surface area contributed by atoms with Gasteiger partial charge in [0.1, 0.15) is 6.10 Å². The van der Waals surface area contributed by atoms with Crippen LogP contribution < -0.4 is 0 Å². The van der Waals surface area contributed by atoms with Crippen LogP contribution >= 0.6 is 0 Å². The van der Waals surface area contributed by atoms with Gasteiger partial charge in [0.25, 0.3) is 0 Å². The van der Waals surface area contributed by atoms with E-state index in [0.717, 1.165) is 19.3 Å². The van der Waals surface area contributed by atoms with Gasteiger partial charge in [0.15, 0.2) is 0 Å². The molecule has 0 amide bonds. The Labute approximate surface area is 61.5 Å². The summed E-state index contributed by atoms with van der Waals surface area (Å²) >= 11 is 0. The summed E-state index contributed by atoms with van der Waals surface area (Å²) in [6, 6.07) is 0. The van der Waals surface area contributed by atoms with Crippen LogP contribution in [0.4, 0.5) is 0 Å². The second-order valence-corrected chi connectivity index (χ2v) is 2.60. The first-order chi connectivity index (χ1) is 4.84. The van der Waals surface area contributed by atoms with E-state index in [1.165, 1.54) is 0 Å². The maximum absolute atomic E-state index is 9.32. The molecule has 2 atom stereocenters. The molecule has 0 aromatic rings. The third kappa shape index (κ3) is 1.74. The lowest BCUT2D eigenvalue weighted by Gasteiger charge is -2.23. The topological polar surface area (TPSA) is 29.5 Å². The lowest BCUT2D eigenvalue weighted by atomic mass is 10.1. The average Bonchev–Trinajstić information content (AvgIpc) is 2.05. The largest absolute Gasteiger partial charge is 0.496 e. The molecular weight excluding hydrogens is 128 g/mol. The van der Waals surface area contributed by atoms with Gasteiger partial charge in [-0.05, 0) is 25.3 Å². The van der Waals surface area contributed by atoms with Crippen LogP contribution in [0.5, 0.6) is 0 Å². The fraction of sp³-hybridized carbons (Fsp3) is 0.750. The van der Waals surface area contributed by atoms with Crippen LogP contribution in [0.1, 0.15) is 26.2 Å². The first-order valence-electron chi connectivity index (χ1n) is 3.83. The Bertz CT molecular complexity index is 120. The molecule has 0 radical (unpaired) electrons. The Kier molecular flexibility index (Phi) is 2.75. The highest BCUT2D eigenvalue weighted by atomic mass is 16.5. The number of aliphatic hydroxyl groups is 1. The monoisotopic (exact) mass is 142 g/mol. The Morgan fingerprint density at radius 3 is 3.10 bits per heavy atom. The molecule has 0 saturated carbocycles. The van der Waals surface area contributed by atoms with Crippen LogP contribution in [0.3, 0.4) is 0 Å². The average molecular weight is 142 g/mol. The van der Waals surface area contributed by atoms with E-state index in [9.17, 15) is 5.11 Å². The number of aliphatic hydroxyl groups excluding tert-OH is 1. The van der Waals surface area contributed by atoms with Crippen molar-refractivity contribution in [3.8, 4) is 0 Å². The molecule has 0 bridgehead atoms. The molecule has 1 rings (SSSR count). The molecule has 2 nitrogen and oxygen atoms in total. The van der Waals surface area contributed by atoms with Gasteiger partial charge in [0.2, 0.25) is 0 Å². The minimum atomic E-state index is -0.287. The standard InChI is InChI=1S/C8H14O2/c1-2-7(9)8-5-3-4-6-10-8/h4,6-9H,2-3,5H2,1H3. The SMILES string of the molecule is CCC(O)C1CCC=CO1. The van der Waals surface area contributed by atoms with Gasteiger partial charge in [-0.25, -0.2) is 0 Å². The van der Waals surface area contributed by atoms with Crippen LogP contribution in [0.2, 0.25) is 0 Å². The maximum atomic E-state index is 9.32. The van der Waals surface area contributed by atoms with Gasteiger partial charge in [-0.3, -0.25) is 0 Å². The molecule has 2 unspecified atom stereocenters. The van der Waals surface area contributed by atoms with Crippen molar-refractivity contribution in [2.75, 3.05) is 0 Å². The van der Waals surface area contributed by atoms with Crippen LogP contribution in [-0.2, 0) is 4.74 Å². The third-order valence-corrected chi connectivity index (χ3v) is 1.81. The molecule has 10 heavy (non-hydrogen) atoms. The van der Waals surface area contributed by atoms with E-state index in [1.807, 2.05) is 13.0 Å². The van der Waals surface area contributed by atoms with Crippen molar-refractivity contribution in [2.24, 2.45) is 0 Å². The third-order valence-electron chi connectivity index (χ3n) is 1.81. The molecule has 1 aliphatic heterocycles. The van der Waals surface area contributed by atoms with Gasteiger partial charge in [0, 0.05) is 0 Å². The lowest BCUT2D eigenvalue weighted by molar-refractivity contribution is -0.00314. The molecule has 2 heteroatoms. The highest BCUT2D eigenvalue weighted by molar-refractivity contribution is 4.84. The minimum absolute atomic E-state index is 0.0370. The van der Waals surface area contributed by atoms with E-state index in [4.69, 9.17) is 4.74 Å². The highest BCUT2D eigenvalue weighted by Gasteiger charge is 2.18. The molecule has 0 fully saturated rings. The van der Waals surface area contributed by atoms with Crippen molar-refractivity contribution in [2.45, 2.75) is 38.4 Å². The summed E-state index contributed by atoms with van der Waals surface area (Å²) in [7, 11) is 0. The van der Waals surface area contributed by atoms with Gasteiger partial charge < -0.3 is 9.84 Å². The molecule has 0 spiro atoms. The first kappa shape index (κ1) is 7.61. The Balaban J connectivity index is 2.33. The number of hydrogen-bond donors (Lipinski definition) is 1. The summed E-state index contributed by atoms with van der Waals surface area (Å²) in [5, 5.41) is 9.32. The van der Waals surface area contributed by atoms with Gasteiger partial charge in [-0.15, -0.1) is 0 Å². The number of hydrogen-bond acceptors (Lipinski definition) is 2. The molecule has 0 aliphatic carbocycles. The van der Waals surface area contributed by atoms with E-state index < -0.39 is 0 Å². The van der Waals surface area contributed by atoms with E-state index >= 15 is 0 Å². The van der Waals surface area contributed by atoms with E-state index in [2.05, 4.69) is 0 Å². The zero-order chi connectivity index (χ0) is 7.40. The van der Waals surface area contributed by atoms with Crippen molar-refractivity contribution >= 4 is 0 Å². The fourth-order valence-corrected chi connectivity index (χ4v) is 1.10. The number of rotatable bonds is 2. The van der Waals surface area contributed by atoms with Crippen molar-refractivity contribution in [3.63, 3.8) is 0 Å². The summed E-state index contributed by atoms with van der Waals surface area (Å²) in [6.07, 6.45) is 6.18. The van der Waals surface area contributed by atoms with Gasteiger partial charge in [0.05, 0.1) is 12.4 Å². The van der Waals surface area contributed by atoms with Crippen LogP contribution in [0.25, 0.3) is 0 Å². The fourth-order valence-electron chi connectivity index (χ4n) is 1.10. The number of allylic oxidation sites excluding steroid dienone is 1. The summed E-state index contributed by atoms with van der Waals surface area (Å²) in [4.78, 5) is 0. The summed E-state index contributed by atoms with van der Waals surface area (Å²) < 4.78 is 5.20. The number of ether oxygens (including phenoxy) is 1. The van der Waals surface area contributed by atoms with Crippen molar-refractivity contribution < 1.29 is 9.84 Å². The van der Waals surface area contributed by atoms with Gasteiger partial charge in [-0.2, -0.15) is 0 Å². The second kappa shape index (κ2) is 3.62. The highest BCUT2D eigenvalue weighted by Crippen LogP contribution is 2.15. The van der Waals surface area contributed by atoms with Crippen LogP contribution in [0.15, 0.2) is 12.3 Å². The van der Waals surface area contributed by atoms with Gasteiger partial charge in [-0.1, -0.05) is 6.92 Å². The quantitative estimate of drug-likeness (QED) is 0.632.